The molecule has 0 radical (unpaired) electrons. The first-order valence-corrected chi connectivity index (χ1v) is 11.8. The van der Waals surface area contributed by atoms with E-state index in [9.17, 15) is 0 Å². The summed E-state index contributed by atoms with van der Waals surface area (Å²) in [5.74, 6) is 2.82. The van der Waals surface area contributed by atoms with Gasteiger partial charge in [0, 0.05) is 36.1 Å². The van der Waals surface area contributed by atoms with E-state index < -0.39 is 0 Å². The maximum absolute atomic E-state index is 6.55. The van der Waals surface area contributed by atoms with Crippen LogP contribution in [0.4, 0.5) is 17.5 Å². The Morgan fingerprint density at radius 1 is 1.06 bits per heavy atom. The van der Waals surface area contributed by atoms with Gasteiger partial charge in [-0.25, -0.2) is 9.97 Å². The summed E-state index contributed by atoms with van der Waals surface area (Å²) in [7, 11) is 5.11. The van der Waals surface area contributed by atoms with Crippen molar-refractivity contribution in [3.05, 3.63) is 70.4 Å². The number of nitrogens with one attached hydrogen (secondary N) is 1. The van der Waals surface area contributed by atoms with Crippen LogP contribution in [0.2, 0.25) is 10.0 Å². The van der Waals surface area contributed by atoms with Crippen LogP contribution < -0.4 is 24.4 Å². The Hall–Kier alpha value is -3.69. The van der Waals surface area contributed by atoms with E-state index >= 15 is 0 Å². The Morgan fingerprint density at radius 3 is 2.58 bits per heavy atom. The van der Waals surface area contributed by atoms with Crippen molar-refractivity contribution in [3.8, 4) is 22.9 Å². The Labute approximate surface area is 218 Å². The molecule has 0 saturated heterocycles. The molecule has 9 nitrogen and oxygen atoms in total. The third-order valence-corrected chi connectivity index (χ3v) is 6.61. The van der Waals surface area contributed by atoms with Crippen LogP contribution in [0.15, 0.2) is 49.1 Å². The van der Waals surface area contributed by atoms with E-state index in [-0.39, 0.29) is 6.04 Å². The van der Waals surface area contributed by atoms with Crippen LogP contribution in [0.25, 0.3) is 5.69 Å². The molecule has 2 aromatic heterocycles. The first-order chi connectivity index (χ1) is 17.4. The fourth-order valence-corrected chi connectivity index (χ4v) is 4.64. The molecule has 1 unspecified atom stereocenters. The average Bonchev–Trinajstić information content (AvgIpc) is 3.31. The number of anilines is 3. The molecular weight excluding hydrogens is 503 g/mol. The molecule has 0 fully saturated rings. The highest BCUT2D eigenvalue weighted by molar-refractivity contribution is 6.34. The third-order valence-electron chi connectivity index (χ3n) is 5.99. The van der Waals surface area contributed by atoms with Gasteiger partial charge in [0.2, 0.25) is 5.95 Å². The second kappa shape index (κ2) is 9.75. The zero-order chi connectivity index (χ0) is 25.4. The quantitative estimate of drug-likeness (QED) is 0.347. The van der Waals surface area contributed by atoms with Gasteiger partial charge in [0.1, 0.15) is 18.1 Å². The Bertz CT molecular complexity index is 1430. The van der Waals surface area contributed by atoms with Crippen LogP contribution in [-0.4, -0.2) is 47.4 Å². The van der Waals surface area contributed by atoms with Gasteiger partial charge in [0.15, 0.2) is 11.6 Å². The number of imidazole rings is 1. The topological polar surface area (TPSA) is 86.6 Å². The second-order valence-corrected chi connectivity index (χ2v) is 9.08. The highest BCUT2D eigenvalue weighted by Crippen LogP contribution is 2.41. The molecule has 5 rings (SSSR count). The number of hydrogen-bond acceptors (Lipinski definition) is 8. The molecule has 0 amide bonds. The number of rotatable bonds is 6. The van der Waals surface area contributed by atoms with Crippen LogP contribution >= 0.6 is 23.2 Å². The lowest BCUT2D eigenvalue weighted by Gasteiger charge is -2.35. The van der Waals surface area contributed by atoms with Gasteiger partial charge in [0.05, 0.1) is 49.2 Å². The Morgan fingerprint density at radius 2 is 1.86 bits per heavy atom. The van der Waals surface area contributed by atoms with Crippen LogP contribution in [0.1, 0.15) is 17.3 Å². The lowest BCUT2D eigenvalue weighted by molar-refractivity contribution is 0.265. The molecule has 36 heavy (non-hydrogen) atoms. The number of benzene rings is 2. The van der Waals surface area contributed by atoms with Gasteiger partial charge in [0.25, 0.3) is 0 Å². The minimum atomic E-state index is -0.200. The number of aryl methyl sites for hydroxylation is 1. The number of hydrogen-bond donors (Lipinski definition) is 1. The monoisotopic (exact) mass is 526 g/mol. The van der Waals surface area contributed by atoms with Crippen LogP contribution in [0.3, 0.4) is 0 Å². The van der Waals surface area contributed by atoms with Gasteiger partial charge in [-0.1, -0.05) is 23.2 Å². The number of fused-ring (bicyclic) bond motifs is 1. The van der Waals surface area contributed by atoms with Gasteiger partial charge in [-0.3, -0.25) is 0 Å². The number of likely N-dealkylation sites (N-methyl/N-ethyl adjacent to an activating group) is 1. The summed E-state index contributed by atoms with van der Waals surface area (Å²) in [6, 6.07) is 9.07. The highest BCUT2D eigenvalue weighted by atomic mass is 35.5. The minimum absolute atomic E-state index is 0.200. The van der Waals surface area contributed by atoms with Crippen molar-refractivity contribution < 1.29 is 14.2 Å². The number of ether oxygens (including phenoxy) is 3. The van der Waals surface area contributed by atoms with Gasteiger partial charge in [-0.2, -0.15) is 4.98 Å². The first kappa shape index (κ1) is 24.0. The van der Waals surface area contributed by atoms with E-state index in [4.69, 9.17) is 42.4 Å². The smallest absolute Gasteiger partial charge is 0.229 e. The molecule has 186 valence electrons. The maximum atomic E-state index is 6.55. The van der Waals surface area contributed by atoms with Gasteiger partial charge in [-0.05, 0) is 30.7 Å². The molecule has 2 aromatic carbocycles. The molecular formula is C25H24Cl2N6O3. The van der Waals surface area contributed by atoms with E-state index in [0.717, 1.165) is 22.6 Å². The first-order valence-electron chi connectivity index (χ1n) is 11.1. The summed E-state index contributed by atoms with van der Waals surface area (Å²) in [5, 5.41) is 4.26. The van der Waals surface area contributed by atoms with Crippen LogP contribution in [-0.2, 0) is 0 Å². The molecule has 4 aromatic rings. The fourth-order valence-electron chi connectivity index (χ4n) is 4.11. The summed E-state index contributed by atoms with van der Waals surface area (Å²) < 4.78 is 18.8. The summed E-state index contributed by atoms with van der Waals surface area (Å²) in [6.45, 7) is 2.31. The predicted molar refractivity (Wildman–Crippen MR) is 140 cm³/mol. The molecule has 0 saturated carbocycles. The second-order valence-electron chi connectivity index (χ2n) is 8.26. The van der Waals surface area contributed by atoms with E-state index in [0.29, 0.717) is 45.7 Å². The molecule has 3 heterocycles. The molecule has 1 aliphatic rings. The van der Waals surface area contributed by atoms with Crippen molar-refractivity contribution in [2.75, 3.05) is 38.1 Å². The van der Waals surface area contributed by atoms with Gasteiger partial charge >= 0.3 is 0 Å². The Kier molecular flexibility index (Phi) is 6.51. The van der Waals surface area contributed by atoms with E-state index in [1.807, 2.05) is 47.8 Å². The summed E-state index contributed by atoms with van der Waals surface area (Å²) in [4.78, 5) is 15.4. The molecule has 11 heteroatoms. The lowest BCUT2D eigenvalue weighted by atomic mass is 10.0. The highest BCUT2D eigenvalue weighted by Gasteiger charge is 2.30. The van der Waals surface area contributed by atoms with E-state index in [1.165, 1.54) is 0 Å². The van der Waals surface area contributed by atoms with Crippen LogP contribution in [0.5, 0.6) is 17.2 Å². The average molecular weight is 527 g/mol. The van der Waals surface area contributed by atoms with Gasteiger partial charge in [-0.15, -0.1) is 0 Å². The zero-order valence-electron chi connectivity index (χ0n) is 20.1. The third kappa shape index (κ3) is 4.47. The predicted octanol–water partition coefficient (Wildman–Crippen LogP) is 5.61. The number of halogens is 2. The number of methoxy groups -OCH3 is 2. The molecule has 1 N–H and O–H groups in total. The molecule has 1 aliphatic heterocycles. The van der Waals surface area contributed by atoms with E-state index in [2.05, 4.69) is 15.3 Å². The SMILES string of the molecule is COc1cc(Cl)c(C2COc3cnc(Nc4ccc(-n5cnc(C)c5)c(OC)c4)nc3N2C)cc1Cl. The molecule has 0 aliphatic carbocycles. The standard InChI is InChI=1S/C25H24Cl2N6O3/c1-14-11-33(13-29-14)19-6-5-15(7-22(19)35-4)30-25-28-10-23-24(31-25)32(2)20(12-36-23)16-8-18(27)21(34-3)9-17(16)26/h5-11,13,20H,12H2,1-4H3,(H,28,30,31). The van der Waals surface area contributed by atoms with Crippen molar-refractivity contribution in [1.82, 2.24) is 19.5 Å². The maximum Gasteiger partial charge on any atom is 0.229 e. The molecule has 0 spiro atoms. The molecule has 1 atom stereocenters. The minimum Gasteiger partial charge on any atom is -0.495 e. The number of aromatic nitrogens is 4. The summed E-state index contributed by atoms with van der Waals surface area (Å²) in [6.07, 6.45) is 5.34. The van der Waals surface area contributed by atoms with Crippen LogP contribution in [0, 0.1) is 6.92 Å². The lowest BCUT2D eigenvalue weighted by Crippen LogP contribution is -2.34. The van der Waals surface area contributed by atoms with E-state index in [1.54, 1.807) is 38.9 Å². The van der Waals surface area contributed by atoms with Crippen molar-refractivity contribution in [2.24, 2.45) is 0 Å². The summed E-state index contributed by atoms with van der Waals surface area (Å²) >= 11 is 12.9. The van der Waals surface area contributed by atoms with Crippen molar-refractivity contribution in [3.63, 3.8) is 0 Å². The normalized spacial score (nSPS) is 14.7. The Balaban J connectivity index is 1.41. The number of nitrogens with zero attached hydrogens (tertiary/aromatic N) is 5. The van der Waals surface area contributed by atoms with Crippen molar-refractivity contribution >= 4 is 40.7 Å². The van der Waals surface area contributed by atoms with Crippen molar-refractivity contribution in [1.29, 1.82) is 0 Å². The zero-order valence-corrected chi connectivity index (χ0v) is 21.6. The van der Waals surface area contributed by atoms with Crippen molar-refractivity contribution in [2.45, 2.75) is 13.0 Å². The fraction of sp³-hybridized carbons (Fsp3) is 0.240. The van der Waals surface area contributed by atoms with Gasteiger partial charge < -0.3 is 29.0 Å². The summed E-state index contributed by atoms with van der Waals surface area (Å²) in [5.41, 5.74) is 3.39. The molecule has 0 bridgehead atoms. The largest absolute Gasteiger partial charge is 0.495 e.